The molecule has 0 aliphatic carbocycles. The summed E-state index contributed by atoms with van der Waals surface area (Å²) in [7, 11) is 0. The minimum atomic E-state index is -0.227. The molecular formula is C28H29NO. The van der Waals surface area contributed by atoms with Gasteiger partial charge < -0.3 is 0 Å². The summed E-state index contributed by atoms with van der Waals surface area (Å²) in [6.07, 6.45) is 7.65. The molecule has 0 fully saturated rings. The van der Waals surface area contributed by atoms with Gasteiger partial charge in [0.25, 0.3) is 0 Å². The van der Waals surface area contributed by atoms with E-state index in [2.05, 4.69) is 63.7 Å². The van der Waals surface area contributed by atoms with Crippen molar-refractivity contribution >= 4 is 22.4 Å². The number of para-hydroxylation sites is 1. The number of hydrogen-bond acceptors (Lipinski definition) is 1. The molecule has 0 aromatic heterocycles. The van der Waals surface area contributed by atoms with Gasteiger partial charge in [0, 0.05) is 24.2 Å². The molecule has 152 valence electrons. The summed E-state index contributed by atoms with van der Waals surface area (Å²) in [6.45, 7) is 12.5. The third-order valence-electron chi connectivity index (χ3n) is 5.58. The molecule has 0 heterocycles. The Labute approximate surface area is 179 Å². The van der Waals surface area contributed by atoms with E-state index >= 15 is 0 Å². The first kappa shape index (κ1) is 21.3. The zero-order valence-electron chi connectivity index (χ0n) is 18.2. The Morgan fingerprint density at radius 3 is 2.30 bits per heavy atom. The van der Waals surface area contributed by atoms with Crippen LogP contribution in [-0.2, 0) is 10.2 Å². The number of fused-ring (bicyclic) bond motifs is 1. The van der Waals surface area contributed by atoms with E-state index in [1.165, 1.54) is 21.9 Å². The van der Waals surface area contributed by atoms with Crippen LogP contribution in [0.2, 0.25) is 0 Å². The molecule has 0 saturated carbocycles. The second-order valence-electron chi connectivity index (χ2n) is 8.05. The highest BCUT2D eigenvalue weighted by molar-refractivity contribution is 5.93. The van der Waals surface area contributed by atoms with E-state index in [0.29, 0.717) is 0 Å². The van der Waals surface area contributed by atoms with E-state index in [0.717, 1.165) is 11.3 Å². The quantitative estimate of drug-likeness (QED) is 0.407. The van der Waals surface area contributed by atoms with Crippen molar-refractivity contribution in [3.63, 3.8) is 0 Å². The Morgan fingerprint density at radius 1 is 0.933 bits per heavy atom. The zero-order valence-corrected chi connectivity index (χ0v) is 18.2. The minimum absolute atomic E-state index is 0.0311. The highest BCUT2D eigenvalue weighted by Crippen LogP contribution is 2.38. The number of carbonyl (C=O) groups is 1. The van der Waals surface area contributed by atoms with Crippen LogP contribution in [0.5, 0.6) is 0 Å². The zero-order chi connectivity index (χ0) is 21.7. The topological polar surface area (TPSA) is 20.3 Å². The molecule has 3 rings (SSSR count). The van der Waals surface area contributed by atoms with Gasteiger partial charge in [-0.15, -0.1) is 0 Å². The molecule has 0 unspecified atom stereocenters. The van der Waals surface area contributed by atoms with Crippen LogP contribution < -0.4 is 4.90 Å². The van der Waals surface area contributed by atoms with Crippen molar-refractivity contribution in [3.8, 4) is 0 Å². The summed E-state index contributed by atoms with van der Waals surface area (Å²) in [5, 5.41) is 2.50. The number of benzene rings is 3. The van der Waals surface area contributed by atoms with Crippen molar-refractivity contribution < 1.29 is 4.79 Å². The third-order valence-corrected chi connectivity index (χ3v) is 5.58. The molecule has 2 heteroatoms. The summed E-state index contributed by atoms with van der Waals surface area (Å²) in [6, 6.07) is 22.5. The normalized spacial score (nSPS) is 12.0. The van der Waals surface area contributed by atoms with Gasteiger partial charge in [0.15, 0.2) is 0 Å². The van der Waals surface area contributed by atoms with Crippen LogP contribution >= 0.6 is 0 Å². The lowest BCUT2D eigenvalue weighted by atomic mass is 9.74. The number of aryl methyl sites for hydroxylation is 1. The first-order valence-corrected chi connectivity index (χ1v) is 10.2. The smallest absolute Gasteiger partial charge is 0.227 e. The van der Waals surface area contributed by atoms with E-state index in [1.807, 2.05) is 48.6 Å². The maximum absolute atomic E-state index is 12.0. The second kappa shape index (κ2) is 8.96. The van der Waals surface area contributed by atoms with Gasteiger partial charge in [0.1, 0.15) is 0 Å². The molecule has 0 aliphatic rings. The molecule has 30 heavy (non-hydrogen) atoms. The molecule has 0 radical (unpaired) electrons. The van der Waals surface area contributed by atoms with E-state index < -0.39 is 0 Å². The lowest BCUT2D eigenvalue weighted by molar-refractivity contribution is -0.116. The average molecular weight is 396 g/mol. The van der Waals surface area contributed by atoms with Gasteiger partial charge in [-0.3, -0.25) is 9.69 Å². The predicted octanol–water partition coefficient (Wildman–Crippen LogP) is 7.11. The highest BCUT2D eigenvalue weighted by Gasteiger charge is 2.26. The Hall–Kier alpha value is -3.39. The largest absolute Gasteiger partial charge is 0.288 e. The van der Waals surface area contributed by atoms with Crippen molar-refractivity contribution in [2.45, 2.75) is 33.1 Å². The number of rotatable bonds is 6. The predicted molar refractivity (Wildman–Crippen MR) is 129 cm³/mol. The molecule has 0 saturated heterocycles. The standard InChI is InChI=1S/C28H29NO/c1-21-18-19-24-14-9-10-17-26(24)27(21)28(4,5)22(2)13-11-12-20-29(23(3)30)25-15-7-6-8-16-25/h6-20H,2H2,1,3-5H3/b13-11+,20-12+. The molecule has 2 nitrogen and oxygen atoms in total. The van der Waals surface area contributed by atoms with Crippen LogP contribution in [0.4, 0.5) is 5.69 Å². The fourth-order valence-electron chi connectivity index (χ4n) is 3.85. The van der Waals surface area contributed by atoms with Gasteiger partial charge in [-0.25, -0.2) is 0 Å². The van der Waals surface area contributed by atoms with Gasteiger partial charge in [-0.05, 0) is 52.6 Å². The van der Waals surface area contributed by atoms with Crippen LogP contribution in [0.15, 0.2) is 103 Å². The van der Waals surface area contributed by atoms with Crippen LogP contribution in [0.3, 0.4) is 0 Å². The van der Waals surface area contributed by atoms with Gasteiger partial charge in [0.2, 0.25) is 5.91 Å². The summed E-state index contributed by atoms with van der Waals surface area (Å²) in [5.41, 5.74) is 4.19. The SMILES string of the molecule is C=C(/C=C/C=C/N(C(C)=O)c1ccccc1)C(C)(C)c1c(C)ccc2ccccc12. The first-order chi connectivity index (χ1) is 14.3. The maximum atomic E-state index is 12.0. The minimum Gasteiger partial charge on any atom is -0.288 e. The molecule has 3 aromatic carbocycles. The average Bonchev–Trinajstić information content (AvgIpc) is 2.73. The lowest BCUT2D eigenvalue weighted by Gasteiger charge is -2.30. The summed E-state index contributed by atoms with van der Waals surface area (Å²) in [4.78, 5) is 13.6. The van der Waals surface area contributed by atoms with Gasteiger partial charge in [-0.2, -0.15) is 0 Å². The van der Waals surface area contributed by atoms with Crippen LogP contribution in [0.1, 0.15) is 31.9 Å². The van der Waals surface area contributed by atoms with Crippen molar-refractivity contribution in [2.75, 3.05) is 4.90 Å². The number of nitrogens with zero attached hydrogens (tertiary/aromatic N) is 1. The van der Waals surface area contributed by atoms with Crippen molar-refractivity contribution in [3.05, 3.63) is 114 Å². The first-order valence-electron chi connectivity index (χ1n) is 10.2. The van der Waals surface area contributed by atoms with E-state index in [4.69, 9.17) is 0 Å². The Balaban J connectivity index is 1.85. The molecule has 0 bridgehead atoms. The highest BCUT2D eigenvalue weighted by atomic mass is 16.2. The Kier molecular flexibility index (Phi) is 6.37. The third kappa shape index (κ3) is 4.44. The van der Waals surface area contributed by atoms with E-state index in [-0.39, 0.29) is 11.3 Å². The molecule has 0 atom stereocenters. The lowest BCUT2D eigenvalue weighted by Crippen LogP contribution is -2.21. The molecular weight excluding hydrogens is 366 g/mol. The Bertz CT molecular complexity index is 1120. The molecule has 0 aliphatic heterocycles. The number of allylic oxidation sites excluding steroid dienone is 4. The van der Waals surface area contributed by atoms with Gasteiger partial charge in [-0.1, -0.05) is 87.2 Å². The molecule has 0 N–H and O–H groups in total. The summed E-state index contributed by atoms with van der Waals surface area (Å²) < 4.78 is 0. The summed E-state index contributed by atoms with van der Waals surface area (Å²) >= 11 is 0. The number of hydrogen-bond donors (Lipinski definition) is 0. The number of carbonyl (C=O) groups excluding carboxylic acids is 1. The summed E-state index contributed by atoms with van der Waals surface area (Å²) in [5.74, 6) is -0.0311. The van der Waals surface area contributed by atoms with Crippen molar-refractivity contribution in [1.82, 2.24) is 0 Å². The van der Waals surface area contributed by atoms with Gasteiger partial charge in [0.05, 0.1) is 0 Å². The van der Waals surface area contributed by atoms with Crippen LogP contribution in [0.25, 0.3) is 10.8 Å². The van der Waals surface area contributed by atoms with E-state index in [9.17, 15) is 4.79 Å². The monoisotopic (exact) mass is 395 g/mol. The van der Waals surface area contributed by atoms with Crippen molar-refractivity contribution in [2.24, 2.45) is 0 Å². The number of amides is 1. The Morgan fingerprint density at radius 2 is 1.60 bits per heavy atom. The van der Waals surface area contributed by atoms with Crippen LogP contribution in [0, 0.1) is 6.92 Å². The second-order valence-corrected chi connectivity index (χ2v) is 8.05. The van der Waals surface area contributed by atoms with Crippen molar-refractivity contribution in [1.29, 1.82) is 0 Å². The molecule has 1 amide bonds. The van der Waals surface area contributed by atoms with E-state index in [1.54, 1.807) is 18.0 Å². The fraction of sp³-hybridized carbons (Fsp3) is 0.179. The van der Waals surface area contributed by atoms with Gasteiger partial charge >= 0.3 is 0 Å². The fourth-order valence-corrected chi connectivity index (χ4v) is 3.85. The molecule has 0 spiro atoms. The maximum Gasteiger partial charge on any atom is 0.227 e. The van der Waals surface area contributed by atoms with Crippen LogP contribution in [-0.4, -0.2) is 5.91 Å². The number of anilines is 1. The molecule has 3 aromatic rings.